The van der Waals surface area contributed by atoms with Gasteiger partial charge in [-0.2, -0.15) is 0 Å². The van der Waals surface area contributed by atoms with Gasteiger partial charge in [-0.1, -0.05) is 0 Å². The SMILES string of the molecule is CC(O)C(NC(=O)Nc1cc(F)cc(F)c1)C(=O)O. The van der Waals surface area contributed by atoms with Gasteiger partial charge in [-0.15, -0.1) is 0 Å². The Bertz CT molecular complexity index is 473. The topological polar surface area (TPSA) is 98.7 Å². The second kappa shape index (κ2) is 6.10. The molecule has 0 saturated carbocycles. The normalized spacial score (nSPS) is 13.5. The van der Waals surface area contributed by atoms with Crippen molar-refractivity contribution in [2.45, 2.75) is 19.1 Å². The molecule has 19 heavy (non-hydrogen) atoms. The number of carbonyl (C=O) groups excluding carboxylic acids is 1. The third-order valence-corrected chi connectivity index (χ3v) is 2.16. The molecule has 2 amide bonds. The summed E-state index contributed by atoms with van der Waals surface area (Å²) in [6, 6.07) is -0.183. The summed E-state index contributed by atoms with van der Waals surface area (Å²) in [7, 11) is 0. The van der Waals surface area contributed by atoms with E-state index in [1.54, 1.807) is 0 Å². The van der Waals surface area contributed by atoms with Crippen LogP contribution in [0.4, 0.5) is 19.3 Å². The largest absolute Gasteiger partial charge is 0.480 e. The third kappa shape index (κ3) is 4.51. The molecule has 2 atom stereocenters. The number of aliphatic hydroxyl groups excluding tert-OH is 1. The molecule has 0 spiro atoms. The quantitative estimate of drug-likeness (QED) is 0.656. The number of benzene rings is 1. The maximum Gasteiger partial charge on any atom is 0.328 e. The van der Waals surface area contributed by atoms with Crippen molar-refractivity contribution in [2.75, 3.05) is 5.32 Å². The van der Waals surface area contributed by atoms with Crippen LogP contribution in [0.5, 0.6) is 0 Å². The fourth-order valence-corrected chi connectivity index (χ4v) is 1.32. The number of nitrogens with one attached hydrogen (secondary N) is 2. The third-order valence-electron chi connectivity index (χ3n) is 2.16. The first-order chi connectivity index (χ1) is 8.79. The van der Waals surface area contributed by atoms with Crippen molar-refractivity contribution in [3.05, 3.63) is 29.8 Å². The zero-order chi connectivity index (χ0) is 14.6. The number of carbonyl (C=O) groups is 2. The summed E-state index contributed by atoms with van der Waals surface area (Å²) >= 11 is 0. The van der Waals surface area contributed by atoms with Crippen molar-refractivity contribution in [3.63, 3.8) is 0 Å². The Morgan fingerprint density at radius 2 is 1.74 bits per heavy atom. The number of aliphatic hydroxyl groups is 1. The van der Waals surface area contributed by atoms with E-state index in [1.165, 1.54) is 6.92 Å². The number of hydrogen-bond acceptors (Lipinski definition) is 3. The van der Waals surface area contributed by atoms with Gasteiger partial charge in [-0.05, 0) is 19.1 Å². The molecule has 8 heteroatoms. The van der Waals surface area contributed by atoms with E-state index in [2.05, 4.69) is 5.32 Å². The van der Waals surface area contributed by atoms with E-state index < -0.39 is 35.8 Å². The Kier molecular flexibility index (Phi) is 4.76. The van der Waals surface area contributed by atoms with Crippen LogP contribution < -0.4 is 10.6 Å². The first kappa shape index (κ1) is 14.8. The lowest BCUT2D eigenvalue weighted by molar-refractivity contribution is -0.141. The van der Waals surface area contributed by atoms with Gasteiger partial charge in [0.25, 0.3) is 0 Å². The summed E-state index contributed by atoms with van der Waals surface area (Å²) in [5.74, 6) is -3.21. The molecule has 4 N–H and O–H groups in total. The number of rotatable bonds is 4. The van der Waals surface area contributed by atoms with E-state index in [4.69, 9.17) is 10.2 Å². The predicted octanol–water partition coefficient (Wildman–Crippen LogP) is 0.920. The predicted molar refractivity (Wildman–Crippen MR) is 61.6 cm³/mol. The Labute approximate surface area is 107 Å². The highest BCUT2D eigenvalue weighted by atomic mass is 19.1. The number of anilines is 1. The highest BCUT2D eigenvalue weighted by Gasteiger charge is 2.24. The lowest BCUT2D eigenvalue weighted by Gasteiger charge is -2.17. The van der Waals surface area contributed by atoms with E-state index in [1.807, 2.05) is 5.32 Å². The summed E-state index contributed by atoms with van der Waals surface area (Å²) < 4.78 is 25.7. The first-order valence-corrected chi connectivity index (χ1v) is 5.24. The van der Waals surface area contributed by atoms with Crippen molar-refractivity contribution < 1.29 is 28.6 Å². The Morgan fingerprint density at radius 1 is 1.21 bits per heavy atom. The number of amides is 2. The summed E-state index contributed by atoms with van der Waals surface area (Å²) in [5.41, 5.74) is -0.176. The highest BCUT2D eigenvalue weighted by Crippen LogP contribution is 2.12. The number of aliphatic carboxylic acids is 1. The van der Waals surface area contributed by atoms with Crippen LogP contribution in [0, 0.1) is 11.6 Å². The molecule has 0 aliphatic heterocycles. The molecule has 0 radical (unpaired) electrons. The molecule has 0 aliphatic rings. The summed E-state index contributed by atoms with van der Waals surface area (Å²) in [5, 5.41) is 21.9. The van der Waals surface area contributed by atoms with E-state index >= 15 is 0 Å². The lowest BCUT2D eigenvalue weighted by Crippen LogP contribution is -2.49. The van der Waals surface area contributed by atoms with Crippen LogP contribution in [0.15, 0.2) is 18.2 Å². The van der Waals surface area contributed by atoms with Crippen LogP contribution in [0.2, 0.25) is 0 Å². The molecule has 0 bridgehead atoms. The molecule has 1 aromatic carbocycles. The van der Waals surface area contributed by atoms with Crippen LogP contribution >= 0.6 is 0 Å². The number of carboxylic acid groups (broad SMARTS) is 1. The molecule has 0 aliphatic carbocycles. The standard InChI is InChI=1S/C11H12F2N2O4/c1-5(16)9(10(17)18)15-11(19)14-8-3-6(12)2-7(13)4-8/h2-5,9,16H,1H3,(H,17,18)(H2,14,15,19). The van der Waals surface area contributed by atoms with E-state index in [9.17, 15) is 18.4 Å². The molecule has 1 rings (SSSR count). The molecular weight excluding hydrogens is 262 g/mol. The smallest absolute Gasteiger partial charge is 0.328 e. The van der Waals surface area contributed by atoms with Gasteiger partial charge in [0.05, 0.1) is 6.10 Å². The monoisotopic (exact) mass is 274 g/mol. The maximum atomic E-state index is 12.9. The second-order valence-electron chi connectivity index (χ2n) is 3.81. The number of urea groups is 1. The highest BCUT2D eigenvalue weighted by molar-refractivity contribution is 5.92. The molecule has 104 valence electrons. The molecule has 0 saturated heterocycles. The van der Waals surface area contributed by atoms with Crippen molar-refractivity contribution >= 4 is 17.7 Å². The fourth-order valence-electron chi connectivity index (χ4n) is 1.32. The minimum atomic E-state index is -1.53. The molecular formula is C11H12F2N2O4. The zero-order valence-electron chi connectivity index (χ0n) is 9.85. The van der Waals surface area contributed by atoms with Gasteiger partial charge in [-0.25, -0.2) is 18.4 Å². The zero-order valence-corrected chi connectivity index (χ0v) is 9.85. The number of hydrogen-bond donors (Lipinski definition) is 4. The molecule has 0 fully saturated rings. The first-order valence-electron chi connectivity index (χ1n) is 5.24. The van der Waals surface area contributed by atoms with Gasteiger partial charge < -0.3 is 20.8 Å². The van der Waals surface area contributed by atoms with Crippen LogP contribution in [0.3, 0.4) is 0 Å². The minimum absolute atomic E-state index is 0.176. The molecule has 1 aromatic rings. The van der Waals surface area contributed by atoms with Gasteiger partial charge >= 0.3 is 12.0 Å². The van der Waals surface area contributed by atoms with Gasteiger partial charge in [0.2, 0.25) is 0 Å². The molecule has 0 aromatic heterocycles. The van der Waals surface area contributed by atoms with Crippen molar-refractivity contribution in [1.29, 1.82) is 0 Å². The lowest BCUT2D eigenvalue weighted by atomic mass is 10.2. The number of halogens is 2. The van der Waals surface area contributed by atoms with Gasteiger partial charge in [0.15, 0.2) is 6.04 Å². The van der Waals surface area contributed by atoms with E-state index in [0.717, 1.165) is 12.1 Å². The van der Waals surface area contributed by atoms with Gasteiger partial charge in [-0.3, -0.25) is 0 Å². The molecule has 2 unspecified atom stereocenters. The molecule has 0 heterocycles. The van der Waals surface area contributed by atoms with E-state index in [-0.39, 0.29) is 5.69 Å². The average molecular weight is 274 g/mol. The average Bonchev–Trinajstić information content (AvgIpc) is 2.23. The van der Waals surface area contributed by atoms with Gasteiger partial charge in [0, 0.05) is 11.8 Å². The summed E-state index contributed by atoms with van der Waals surface area (Å²) in [6.45, 7) is 1.18. The maximum absolute atomic E-state index is 12.9. The van der Waals surface area contributed by atoms with Crippen LogP contribution in [0.1, 0.15) is 6.92 Å². The van der Waals surface area contributed by atoms with Crippen molar-refractivity contribution in [3.8, 4) is 0 Å². The Morgan fingerprint density at radius 3 is 2.16 bits per heavy atom. The van der Waals surface area contributed by atoms with Crippen LogP contribution in [-0.4, -0.2) is 34.4 Å². The number of carboxylic acids is 1. The second-order valence-corrected chi connectivity index (χ2v) is 3.81. The minimum Gasteiger partial charge on any atom is -0.480 e. The van der Waals surface area contributed by atoms with Crippen LogP contribution in [0.25, 0.3) is 0 Å². The summed E-state index contributed by atoms with van der Waals surface area (Å²) in [6.07, 6.45) is -1.33. The summed E-state index contributed by atoms with van der Waals surface area (Å²) in [4.78, 5) is 22.1. The fraction of sp³-hybridized carbons (Fsp3) is 0.273. The Balaban J connectivity index is 2.71. The van der Waals surface area contributed by atoms with Gasteiger partial charge in [0.1, 0.15) is 11.6 Å². The van der Waals surface area contributed by atoms with E-state index in [0.29, 0.717) is 6.07 Å². The molecule has 6 nitrogen and oxygen atoms in total. The van der Waals surface area contributed by atoms with Crippen LogP contribution in [-0.2, 0) is 4.79 Å². The van der Waals surface area contributed by atoms with Crippen molar-refractivity contribution in [1.82, 2.24) is 5.32 Å². The van der Waals surface area contributed by atoms with Crippen molar-refractivity contribution in [2.24, 2.45) is 0 Å². The Hall–Kier alpha value is -2.22.